The first-order chi connectivity index (χ1) is 7.62. The van der Waals surface area contributed by atoms with Gasteiger partial charge in [0.25, 0.3) is 0 Å². The Hall–Kier alpha value is -1.38. The summed E-state index contributed by atoms with van der Waals surface area (Å²) in [6, 6.07) is 9.06. The molecule has 0 saturated heterocycles. The zero-order chi connectivity index (χ0) is 11.6. The molecule has 0 aliphatic heterocycles. The Morgan fingerprint density at radius 3 is 2.56 bits per heavy atom. The molecule has 0 spiro atoms. The number of rotatable bonds is 2. The van der Waals surface area contributed by atoms with Crippen LogP contribution in [0, 0.1) is 0 Å². The summed E-state index contributed by atoms with van der Waals surface area (Å²) < 4.78 is 0. The number of benzene rings is 1. The molecule has 0 heterocycles. The lowest BCUT2D eigenvalue weighted by Gasteiger charge is -2.25. The summed E-state index contributed by atoms with van der Waals surface area (Å²) in [4.78, 5) is 12.2. The number of carbonyl (C=O) groups excluding carboxylic acids is 1. The molecule has 0 radical (unpaired) electrons. The van der Waals surface area contributed by atoms with Crippen LogP contribution in [0.1, 0.15) is 16.8 Å². The molecule has 1 aliphatic rings. The highest BCUT2D eigenvalue weighted by Gasteiger charge is 2.32. The highest BCUT2D eigenvalue weighted by Crippen LogP contribution is 2.24. The Morgan fingerprint density at radius 1 is 1.31 bits per heavy atom. The summed E-state index contributed by atoms with van der Waals surface area (Å²) in [5.74, 6) is -0.0789. The molecule has 1 aromatic rings. The van der Waals surface area contributed by atoms with Gasteiger partial charge >= 0.3 is 0 Å². The van der Waals surface area contributed by atoms with E-state index >= 15 is 0 Å². The van der Waals surface area contributed by atoms with Gasteiger partial charge in [-0.2, -0.15) is 0 Å². The van der Waals surface area contributed by atoms with Crippen molar-refractivity contribution in [3.63, 3.8) is 0 Å². The SMILES string of the molecule is NC1(C(=O)c2ccccc2)C=CC(Cl)=CC1. The molecule has 1 unspecified atom stereocenters. The lowest BCUT2D eigenvalue weighted by Crippen LogP contribution is -2.46. The second-order valence-corrected chi connectivity index (χ2v) is 4.30. The van der Waals surface area contributed by atoms with Crippen LogP contribution < -0.4 is 5.73 Å². The van der Waals surface area contributed by atoms with E-state index in [9.17, 15) is 4.79 Å². The average molecular weight is 234 g/mol. The normalized spacial score (nSPS) is 24.0. The largest absolute Gasteiger partial charge is 0.315 e. The maximum atomic E-state index is 12.2. The Kier molecular flexibility index (Phi) is 2.95. The van der Waals surface area contributed by atoms with Gasteiger partial charge in [-0.3, -0.25) is 4.79 Å². The number of nitrogens with two attached hydrogens (primary N) is 1. The van der Waals surface area contributed by atoms with Gasteiger partial charge in [0.15, 0.2) is 5.78 Å². The van der Waals surface area contributed by atoms with Gasteiger partial charge in [0.1, 0.15) is 5.54 Å². The molecule has 2 rings (SSSR count). The van der Waals surface area contributed by atoms with Gasteiger partial charge in [-0.15, -0.1) is 0 Å². The van der Waals surface area contributed by atoms with Crippen molar-refractivity contribution in [3.05, 3.63) is 59.2 Å². The molecular weight excluding hydrogens is 222 g/mol. The monoisotopic (exact) mass is 233 g/mol. The van der Waals surface area contributed by atoms with Crippen LogP contribution in [-0.2, 0) is 0 Å². The lowest BCUT2D eigenvalue weighted by molar-refractivity contribution is 0.0921. The summed E-state index contributed by atoms with van der Waals surface area (Å²) in [5, 5.41) is 0.627. The van der Waals surface area contributed by atoms with E-state index in [1.807, 2.05) is 18.2 Å². The van der Waals surface area contributed by atoms with Crippen LogP contribution in [0.3, 0.4) is 0 Å². The number of hydrogen-bond acceptors (Lipinski definition) is 2. The Labute approximate surface area is 99.4 Å². The van der Waals surface area contributed by atoms with Crippen molar-refractivity contribution >= 4 is 17.4 Å². The van der Waals surface area contributed by atoms with Crippen LogP contribution in [0.15, 0.2) is 53.6 Å². The second kappa shape index (κ2) is 4.24. The van der Waals surface area contributed by atoms with Crippen molar-refractivity contribution in [2.75, 3.05) is 0 Å². The molecule has 0 fully saturated rings. The predicted octanol–water partition coefficient (Wildman–Crippen LogP) is 2.65. The molecular formula is C13H12ClNO. The fourth-order valence-electron chi connectivity index (χ4n) is 1.66. The molecule has 1 atom stereocenters. The van der Waals surface area contributed by atoms with Gasteiger partial charge in [0.05, 0.1) is 0 Å². The summed E-state index contributed by atoms with van der Waals surface area (Å²) in [6.45, 7) is 0. The number of ketones is 1. The molecule has 0 saturated carbocycles. The zero-order valence-corrected chi connectivity index (χ0v) is 9.45. The number of hydrogen-bond donors (Lipinski definition) is 1. The van der Waals surface area contributed by atoms with Gasteiger partial charge in [-0.25, -0.2) is 0 Å². The molecule has 16 heavy (non-hydrogen) atoms. The number of halogens is 1. The maximum absolute atomic E-state index is 12.2. The molecule has 2 N–H and O–H groups in total. The van der Waals surface area contributed by atoms with Crippen molar-refractivity contribution in [2.45, 2.75) is 12.0 Å². The maximum Gasteiger partial charge on any atom is 0.186 e. The van der Waals surface area contributed by atoms with Gasteiger partial charge in [-0.05, 0) is 12.5 Å². The van der Waals surface area contributed by atoms with Crippen LogP contribution in [0.4, 0.5) is 0 Å². The molecule has 1 aromatic carbocycles. The van der Waals surface area contributed by atoms with E-state index in [1.54, 1.807) is 30.4 Å². The van der Waals surface area contributed by atoms with Crippen LogP contribution in [0.25, 0.3) is 0 Å². The van der Waals surface area contributed by atoms with Crippen molar-refractivity contribution in [1.82, 2.24) is 0 Å². The molecule has 3 heteroatoms. The van der Waals surface area contributed by atoms with E-state index in [0.717, 1.165) is 0 Å². The van der Waals surface area contributed by atoms with Crippen molar-refractivity contribution in [1.29, 1.82) is 0 Å². The summed E-state index contributed by atoms with van der Waals surface area (Å²) >= 11 is 5.80. The fraction of sp³-hybridized carbons (Fsp3) is 0.154. The predicted molar refractivity (Wildman–Crippen MR) is 65.4 cm³/mol. The van der Waals surface area contributed by atoms with Gasteiger partial charge in [0.2, 0.25) is 0 Å². The first-order valence-electron chi connectivity index (χ1n) is 5.05. The van der Waals surface area contributed by atoms with Crippen LogP contribution in [0.2, 0.25) is 0 Å². The average Bonchev–Trinajstić information content (AvgIpc) is 2.33. The second-order valence-electron chi connectivity index (χ2n) is 3.86. The Balaban J connectivity index is 2.27. The first kappa shape index (κ1) is 11.1. The first-order valence-corrected chi connectivity index (χ1v) is 5.43. The highest BCUT2D eigenvalue weighted by molar-refractivity contribution is 6.31. The minimum absolute atomic E-state index is 0.0789. The third kappa shape index (κ3) is 2.08. The molecule has 0 amide bonds. The topological polar surface area (TPSA) is 43.1 Å². The summed E-state index contributed by atoms with van der Waals surface area (Å²) in [5.41, 5.74) is 5.72. The van der Waals surface area contributed by atoms with Gasteiger partial charge in [0, 0.05) is 10.6 Å². The summed E-state index contributed by atoms with van der Waals surface area (Å²) in [6.07, 6.45) is 5.55. The number of allylic oxidation sites excluding steroid dienone is 2. The van der Waals surface area contributed by atoms with E-state index in [2.05, 4.69) is 0 Å². The zero-order valence-electron chi connectivity index (χ0n) is 8.69. The van der Waals surface area contributed by atoms with Crippen LogP contribution >= 0.6 is 11.6 Å². The third-order valence-corrected chi connectivity index (χ3v) is 2.91. The highest BCUT2D eigenvalue weighted by atomic mass is 35.5. The number of carbonyl (C=O) groups is 1. The van der Waals surface area contributed by atoms with Gasteiger partial charge in [-0.1, -0.05) is 54.1 Å². The molecule has 0 bridgehead atoms. The van der Waals surface area contributed by atoms with E-state index in [1.165, 1.54) is 0 Å². The quantitative estimate of drug-likeness (QED) is 0.798. The summed E-state index contributed by atoms with van der Waals surface area (Å²) in [7, 11) is 0. The standard InChI is InChI=1S/C13H12ClNO/c14-11-6-8-13(15,9-7-11)12(16)10-4-2-1-3-5-10/h1-8H,9,15H2. The Bertz CT molecular complexity index is 464. The Morgan fingerprint density at radius 2 is 2.00 bits per heavy atom. The third-order valence-electron chi connectivity index (χ3n) is 2.63. The van der Waals surface area contributed by atoms with E-state index in [4.69, 9.17) is 17.3 Å². The minimum Gasteiger partial charge on any atom is -0.315 e. The van der Waals surface area contributed by atoms with Crippen molar-refractivity contribution in [3.8, 4) is 0 Å². The smallest absolute Gasteiger partial charge is 0.186 e. The van der Waals surface area contributed by atoms with Gasteiger partial charge < -0.3 is 5.73 Å². The lowest BCUT2D eigenvalue weighted by atomic mass is 9.84. The van der Waals surface area contributed by atoms with Crippen LogP contribution in [0.5, 0.6) is 0 Å². The molecule has 1 aliphatic carbocycles. The molecule has 2 nitrogen and oxygen atoms in total. The van der Waals surface area contributed by atoms with Crippen molar-refractivity contribution in [2.24, 2.45) is 5.73 Å². The van der Waals surface area contributed by atoms with E-state index < -0.39 is 5.54 Å². The molecule has 82 valence electrons. The fourth-order valence-corrected chi connectivity index (χ4v) is 1.80. The van der Waals surface area contributed by atoms with E-state index in [-0.39, 0.29) is 5.78 Å². The molecule has 0 aromatic heterocycles. The van der Waals surface area contributed by atoms with Crippen LogP contribution in [-0.4, -0.2) is 11.3 Å². The van der Waals surface area contributed by atoms with E-state index in [0.29, 0.717) is 17.0 Å². The number of Topliss-reactive ketones (excluding diaryl/α,β-unsaturated/α-hetero) is 1. The van der Waals surface area contributed by atoms with Crippen molar-refractivity contribution < 1.29 is 4.79 Å². The minimum atomic E-state index is -0.959.